The molecule has 0 radical (unpaired) electrons. The van der Waals surface area contributed by atoms with Crippen LogP contribution in [-0.4, -0.2) is 51.7 Å². The van der Waals surface area contributed by atoms with Gasteiger partial charge in [0.05, 0.1) is 47.3 Å². The van der Waals surface area contributed by atoms with Gasteiger partial charge in [0.2, 0.25) is 0 Å². The van der Waals surface area contributed by atoms with Crippen molar-refractivity contribution in [1.82, 2.24) is 10.6 Å². The Labute approximate surface area is 527 Å². The van der Waals surface area contributed by atoms with Gasteiger partial charge in [0.25, 0.3) is 11.8 Å². The molecule has 12 N–H and O–H groups in total. The second kappa shape index (κ2) is 43.2. The van der Waals surface area contributed by atoms with Gasteiger partial charge in [-0.1, -0.05) is 108 Å². The summed E-state index contributed by atoms with van der Waals surface area (Å²) < 4.78 is 12.4. The molecular weight excluding hydrogens is 1390 g/mol. The zero-order valence-corrected chi connectivity index (χ0v) is 53.0. The van der Waals surface area contributed by atoms with Crippen LogP contribution in [0.4, 0.5) is 5.69 Å². The molecule has 0 unspecified atom stereocenters. The van der Waals surface area contributed by atoms with Crippen LogP contribution in [0.5, 0.6) is 0 Å². The van der Waals surface area contributed by atoms with Crippen molar-refractivity contribution < 1.29 is 29.0 Å². The molecule has 0 aromatic heterocycles. The maximum Gasteiger partial charge on any atom is 0.338 e. The molecule has 2 aliphatic rings. The number of benzene rings is 6. The number of thioether (sulfide) groups is 1. The maximum absolute atomic E-state index is 12.4. The number of esters is 1. The van der Waals surface area contributed by atoms with E-state index in [0.29, 0.717) is 71.1 Å². The van der Waals surface area contributed by atoms with Crippen LogP contribution in [-0.2, 0) is 48.1 Å². The van der Waals surface area contributed by atoms with Crippen LogP contribution in [0.2, 0.25) is 0 Å². The topological polar surface area (TPSA) is 294 Å². The first-order chi connectivity index (χ1) is 37.4. The molecule has 0 atom stereocenters. The highest BCUT2D eigenvalue weighted by Gasteiger charge is 2.20. The minimum atomic E-state index is -0.240. The van der Waals surface area contributed by atoms with Crippen LogP contribution in [0.3, 0.4) is 0 Å². The number of nitrogens with one attached hydrogen (secondary N) is 3. The van der Waals surface area contributed by atoms with E-state index >= 15 is 0 Å². The first-order valence-corrected chi connectivity index (χ1v) is 27.8. The van der Waals surface area contributed by atoms with Crippen molar-refractivity contribution in [2.24, 2.45) is 22.9 Å². The molecule has 2 amide bonds. The van der Waals surface area contributed by atoms with Crippen molar-refractivity contribution in [3.63, 3.8) is 0 Å². The summed E-state index contributed by atoms with van der Waals surface area (Å²) in [5.74, 6) is -0.191. The summed E-state index contributed by atoms with van der Waals surface area (Å²) in [5.41, 5.74) is 28.7. The molecule has 1 saturated heterocycles. The second-order valence-electron chi connectivity index (χ2n) is 15.6. The first kappa shape index (κ1) is 74.4. The number of hydrogen-bond acceptors (Lipinski definition) is 12. The number of amidine groups is 1. The Bertz CT molecular complexity index is 3030. The quantitative estimate of drug-likeness (QED) is 0.0158. The number of alkyl halides is 2. The number of fused-ring (bicyclic) bond motifs is 1. The van der Waals surface area contributed by atoms with Crippen LogP contribution in [0.25, 0.3) is 4.85 Å². The Balaban J connectivity index is 0.00000100. The van der Waals surface area contributed by atoms with Crippen LogP contribution in [0.1, 0.15) is 88.4 Å². The number of carbonyl (C=O) groups is 3. The lowest BCUT2D eigenvalue weighted by molar-refractivity contribution is 0.0534. The van der Waals surface area contributed by atoms with Crippen molar-refractivity contribution in [3.05, 3.63) is 213 Å². The number of aliphatic hydroxyl groups excluding tert-OH is 1. The second-order valence-corrected chi connectivity index (χ2v) is 20.6. The summed E-state index contributed by atoms with van der Waals surface area (Å²) in [5, 5.41) is 40.0. The highest BCUT2D eigenvalue weighted by atomic mass is 79.9. The van der Waals surface area contributed by atoms with Gasteiger partial charge in [-0.15, -0.1) is 52.6 Å². The van der Waals surface area contributed by atoms with Gasteiger partial charge in [0.15, 0.2) is 16.0 Å². The van der Waals surface area contributed by atoms with E-state index in [4.69, 9.17) is 66.6 Å². The first-order valence-electron chi connectivity index (χ1n) is 23.0. The van der Waals surface area contributed by atoms with Gasteiger partial charge in [0, 0.05) is 68.7 Å². The van der Waals surface area contributed by atoms with Gasteiger partial charge in [-0.05, 0) is 132 Å². The number of rotatable bonds is 10. The number of thiocarbonyl (C=S) groups is 1. The highest BCUT2D eigenvalue weighted by Crippen LogP contribution is 2.24. The number of aliphatic hydroxyl groups is 1. The Hall–Kier alpha value is -5.62. The van der Waals surface area contributed by atoms with Gasteiger partial charge in [-0.2, -0.15) is 10.5 Å². The molecule has 0 saturated carbocycles. The number of carbonyl (C=O) groups excluding carboxylic acids is 3. The van der Waals surface area contributed by atoms with Crippen molar-refractivity contribution in [3.8, 4) is 12.1 Å². The zero-order valence-electron chi connectivity index (χ0n) is 42.6. The molecule has 6 aromatic rings. The number of nitriles is 2. The summed E-state index contributed by atoms with van der Waals surface area (Å²) in [6.07, 6.45) is 2.56. The maximum atomic E-state index is 12.4. The zero-order chi connectivity index (χ0) is 57.8. The summed E-state index contributed by atoms with van der Waals surface area (Å²) in [4.78, 5) is 38.8. The third-order valence-corrected chi connectivity index (χ3v) is 12.3. The molecule has 16 nitrogen and oxygen atoms in total. The third kappa shape index (κ3) is 30.3. The summed E-state index contributed by atoms with van der Waals surface area (Å²) in [7, 11) is 0. The van der Waals surface area contributed by atoms with Crippen LogP contribution in [0, 0.1) is 34.6 Å². The normalized spacial score (nSPS) is 10.7. The monoisotopic (exact) mass is 1440 g/mol. The highest BCUT2D eigenvalue weighted by molar-refractivity contribution is 9.11. The largest absolute Gasteiger partial charge is 0.457 e. The molecule has 6 aromatic carbocycles. The van der Waals surface area contributed by atoms with Crippen molar-refractivity contribution in [2.45, 2.75) is 51.4 Å². The Kier molecular flexibility index (Phi) is 40.1. The Morgan fingerprint density at radius 3 is 1.57 bits per heavy atom. The molecule has 25 heteroatoms. The molecular formula is C55H57Br4Cl3N10O6S2. The SMILES string of the molecule is Br.C1CCOC1.Cl.ClCCl.N#Cc1ccc(CNC(=O)c2ccc(Br)cc2CO)cc1.N#Cc1ccc(CNC(=O)c2ccc(Br)cc2CSC(=N)N)cc1.NC(N)=S.O=C1OCc2cc(Br)ccc21.[C-]#[N+]c1ccc(CN)cc1. The van der Waals surface area contributed by atoms with E-state index in [-0.39, 0.29) is 69.4 Å². The van der Waals surface area contributed by atoms with Gasteiger partial charge >= 0.3 is 5.97 Å². The average molecular weight is 1440 g/mol. The molecule has 0 aliphatic carbocycles. The van der Waals surface area contributed by atoms with Crippen LogP contribution >= 0.6 is 124 Å². The lowest BCUT2D eigenvalue weighted by atomic mass is 10.1. The van der Waals surface area contributed by atoms with Crippen LogP contribution < -0.4 is 33.6 Å². The number of hydrogen-bond donors (Lipinski definition) is 8. The average Bonchev–Trinajstić information content (AvgIpc) is 4.16. The molecule has 2 heterocycles. The lowest BCUT2D eigenvalue weighted by Gasteiger charge is -2.11. The van der Waals surface area contributed by atoms with Crippen LogP contribution in [0.15, 0.2) is 141 Å². The van der Waals surface area contributed by atoms with Gasteiger partial charge in [-0.25, -0.2) is 9.64 Å². The van der Waals surface area contributed by atoms with Crippen molar-refractivity contribution in [1.29, 1.82) is 15.9 Å². The van der Waals surface area contributed by atoms with E-state index in [2.05, 4.69) is 93.0 Å². The molecule has 80 heavy (non-hydrogen) atoms. The lowest BCUT2D eigenvalue weighted by Crippen LogP contribution is -2.24. The summed E-state index contributed by atoms with van der Waals surface area (Å²) in [6.45, 7) is 10.2. The third-order valence-electron chi connectivity index (χ3n) is 10.0. The van der Waals surface area contributed by atoms with E-state index in [1.54, 1.807) is 84.9 Å². The van der Waals surface area contributed by atoms with E-state index in [1.165, 1.54) is 24.6 Å². The smallest absolute Gasteiger partial charge is 0.338 e. The number of ether oxygens (including phenoxy) is 2. The van der Waals surface area contributed by atoms with E-state index in [0.717, 1.165) is 54.4 Å². The fraction of sp³-hybridized carbons (Fsp3) is 0.200. The van der Waals surface area contributed by atoms with Crippen molar-refractivity contribution >= 4 is 158 Å². The fourth-order valence-electron chi connectivity index (χ4n) is 6.24. The van der Waals surface area contributed by atoms with Gasteiger partial charge in [-0.3, -0.25) is 15.0 Å². The predicted octanol–water partition coefficient (Wildman–Crippen LogP) is 12.3. The molecule has 0 spiro atoms. The molecule has 1 fully saturated rings. The standard InChI is InChI=1S/C17H15BrN4OS.C16H13BrN2O2.C8H5BrO2.C8H8N2.C4H8O.CH2Cl2.CH4N2S.BrH.ClH/c18-14-5-6-15(13(7-14)10-24-17(20)21)16(23)22-9-12-3-1-11(8-19)2-4-12;17-14-5-6-15(13(7-14)10-20)16(21)19-9-12-3-1-11(8-18)2-4-12;9-6-1-2-7-5(3-6)4-11-8(7)10;1-10-8-4-2-7(6-9)3-5-8;1-2-4-5-3-1;2-1-3;2-1(3)4;;/h1-7H,9-10H2,(H3,20,21)(H,22,23);1-7,20H,9-10H2,(H,19,21);1-3H,4H2;2-5H,6,9H2;1-4H2;1H2;(H4,2,3,4);2*1H. The fourth-order valence-corrected chi connectivity index (χ4v) is 8.02. The number of cyclic esters (lactones) is 1. The predicted molar refractivity (Wildman–Crippen MR) is 341 cm³/mol. The van der Waals surface area contributed by atoms with Crippen molar-refractivity contribution in [2.75, 3.05) is 18.6 Å². The minimum Gasteiger partial charge on any atom is -0.457 e. The summed E-state index contributed by atoms with van der Waals surface area (Å²) in [6, 6.07) is 41.5. The minimum absolute atomic E-state index is 0. The van der Waals surface area contributed by atoms with E-state index < -0.39 is 0 Å². The number of nitrogens with two attached hydrogens (primary N) is 4. The number of nitrogens with zero attached hydrogens (tertiary/aromatic N) is 3. The molecule has 8 rings (SSSR count). The van der Waals surface area contributed by atoms with E-state index in [1.807, 2.05) is 48.5 Å². The van der Waals surface area contributed by atoms with E-state index in [9.17, 15) is 19.5 Å². The number of amides is 2. The molecule has 424 valence electrons. The van der Waals surface area contributed by atoms with Gasteiger partial charge in [0.1, 0.15) is 6.61 Å². The molecule has 0 bridgehead atoms. The molecule has 2 aliphatic heterocycles. The summed E-state index contributed by atoms with van der Waals surface area (Å²) >= 11 is 24.8. The number of halogens is 7. The Morgan fingerprint density at radius 2 is 1.18 bits per heavy atom. The van der Waals surface area contributed by atoms with Gasteiger partial charge < -0.3 is 48.1 Å². The Morgan fingerprint density at radius 1 is 0.750 bits per heavy atom.